The average Bonchev–Trinajstić information content (AvgIpc) is 2.60. The van der Waals surface area contributed by atoms with E-state index in [0.29, 0.717) is 28.5 Å². The molecule has 0 radical (unpaired) electrons. The Labute approximate surface area is 149 Å². The summed E-state index contributed by atoms with van der Waals surface area (Å²) in [4.78, 5) is 42.1. The molecule has 0 bridgehead atoms. The molecule has 0 atom stereocenters. The number of thioether (sulfide) groups is 1. The van der Waals surface area contributed by atoms with Crippen molar-refractivity contribution >= 4 is 29.3 Å². The molecule has 0 aliphatic carbocycles. The Morgan fingerprint density at radius 1 is 1.28 bits per heavy atom. The minimum absolute atomic E-state index is 0.0831. The second kappa shape index (κ2) is 9.03. The molecule has 1 aromatic heterocycles. The van der Waals surface area contributed by atoms with Gasteiger partial charge in [0.2, 0.25) is 5.91 Å². The Balaban J connectivity index is 1.96. The Kier molecular flexibility index (Phi) is 6.76. The molecule has 1 heterocycles. The predicted octanol–water partition coefficient (Wildman–Crippen LogP) is 2.24. The van der Waals surface area contributed by atoms with Crippen LogP contribution in [0.5, 0.6) is 0 Å². The standard InChI is InChI=1S/C17H19N3O4S/c1-3-12-9-14(21)20-17(19-12)25-10-15(22)18-13-7-5-6-11(8-13)16(23)24-4-2/h5-9H,3-4,10H2,1-2H3,(H,18,22)(H,19,20,21). The first kappa shape index (κ1) is 18.7. The number of hydrogen-bond acceptors (Lipinski definition) is 6. The first-order valence-electron chi connectivity index (χ1n) is 7.82. The highest BCUT2D eigenvalue weighted by molar-refractivity contribution is 7.99. The number of esters is 1. The highest BCUT2D eigenvalue weighted by Gasteiger charge is 2.10. The number of nitrogens with one attached hydrogen (secondary N) is 2. The van der Waals surface area contributed by atoms with Crippen molar-refractivity contribution in [1.82, 2.24) is 9.97 Å². The lowest BCUT2D eigenvalue weighted by molar-refractivity contribution is -0.113. The lowest BCUT2D eigenvalue weighted by Gasteiger charge is -2.07. The number of H-pyrrole nitrogens is 1. The molecular weight excluding hydrogens is 342 g/mol. The Morgan fingerprint density at radius 2 is 2.08 bits per heavy atom. The topological polar surface area (TPSA) is 101 Å². The van der Waals surface area contributed by atoms with Crippen LogP contribution in [0.4, 0.5) is 5.69 Å². The van der Waals surface area contributed by atoms with E-state index in [1.165, 1.54) is 6.07 Å². The number of rotatable bonds is 7. The number of amides is 1. The van der Waals surface area contributed by atoms with Crippen LogP contribution in [0.25, 0.3) is 0 Å². The van der Waals surface area contributed by atoms with Crippen LogP contribution in [0.2, 0.25) is 0 Å². The molecule has 25 heavy (non-hydrogen) atoms. The summed E-state index contributed by atoms with van der Waals surface area (Å²) >= 11 is 1.14. The van der Waals surface area contributed by atoms with E-state index in [4.69, 9.17) is 4.74 Å². The van der Waals surface area contributed by atoms with E-state index in [2.05, 4.69) is 15.3 Å². The first-order valence-corrected chi connectivity index (χ1v) is 8.80. The summed E-state index contributed by atoms with van der Waals surface area (Å²) in [5, 5.41) is 3.11. The summed E-state index contributed by atoms with van der Waals surface area (Å²) in [7, 11) is 0. The number of nitrogens with zero attached hydrogens (tertiary/aromatic N) is 1. The third kappa shape index (κ3) is 5.75. The zero-order chi connectivity index (χ0) is 18.2. The summed E-state index contributed by atoms with van der Waals surface area (Å²) in [5.41, 5.74) is 1.31. The van der Waals surface area contributed by atoms with E-state index in [1.54, 1.807) is 31.2 Å². The fourth-order valence-corrected chi connectivity index (χ4v) is 2.70. The predicted molar refractivity (Wildman–Crippen MR) is 96.0 cm³/mol. The van der Waals surface area contributed by atoms with Crippen molar-refractivity contribution in [2.45, 2.75) is 25.4 Å². The second-order valence-corrected chi connectivity index (χ2v) is 6.00. The van der Waals surface area contributed by atoms with Crippen LogP contribution in [-0.4, -0.2) is 34.2 Å². The average molecular weight is 361 g/mol. The van der Waals surface area contributed by atoms with Crippen LogP contribution in [0, 0.1) is 0 Å². The highest BCUT2D eigenvalue weighted by Crippen LogP contribution is 2.15. The van der Waals surface area contributed by atoms with Gasteiger partial charge in [-0.1, -0.05) is 24.8 Å². The molecule has 7 nitrogen and oxygen atoms in total. The van der Waals surface area contributed by atoms with Crippen molar-refractivity contribution in [3.8, 4) is 0 Å². The third-order valence-electron chi connectivity index (χ3n) is 3.13. The number of anilines is 1. The molecule has 0 saturated carbocycles. The summed E-state index contributed by atoms with van der Waals surface area (Å²) in [5.74, 6) is -0.624. The fourth-order valence-electron chi connectivity index (χ4n) is 2.00. The molecule has 2 aromatic rings. The number of aromatic nitrogens is 2. The highest BCUT2D eigenvalue weighted by atomic mass is 32.2. The van der Waals surface area contributed by atoms with Gasteiger partial charge in [-0.3, -0.25) is 9.59 Å². The van der Waals surface area contributed by atoms with E-state index in [0.717, 1.165) is 11.8 Å². The van der Waals surface area contributed by atoms with Crippen molar-refractivity contribution in [3.63, 3.8) is 0 Å². The maximum atomic E-state index is 12.1. The smallest absolute Gasteiger partial charge is 0.338 e. The van der Waals surface area contributed by atoms with Gasteiger partial charge in [0.15, 0.2) is 5.16 Å². The molecule has 0 spiro atoms. The maximum absolute atomic E-state index is 12.1. The zero-order valence-corrected chi connectivity index (χ0v) is 14.8. The number of carbonyl (C=O) groups is 2. The Morgan fingerprint density at radius 3 is 2.80 bits per heavy atom. The van der Waals surface area contributed by atoms with Gasteiger partial charge in [-0.15, -0.1) is 0 Å². The molecule has 0 unspecified atom stereocenters. The van der Waals surface area contributed by atoms with Gasteiger partial charge in [-0.05, 0) is 31.5 Å². The molecular formula is C17H19N3O4S. The molecule has 1 amide bonds. The lowest BCUT2D eigenvalue weighted by atomic mass is 10.2. The Bertz CT molecular complexity index is 820. The van der Waals surface area contributed by atoms with E-state index in [9.17, 15) is 14.4 Å². The molecule has 132 valence electrons. The summed E-state index contributed by atoms with van der Waals surface area (Å²) in [6.45, 7) is 3.92. The van der Waals surface area contributed by atoms with Crippen molar-refractivity contribution in [1.29, 1.82) is 0 Å². The van der Waals surface area contributed by atoms with Gasteiger partial charge in [0.05, 0.1) is 17.9 Å². The van der Waals surface area contributed by atoms with Gasteiger partial charge in [0.1, 0.15) is 0 Å². The number of ether oxygens (including phenoxy) is 1. The Hall–Kier alpha value is -2.61. The van der Waals surface area contributed by atoms with Crippen LogP contribution in [0.15, 0.2) is 40.3 Å². The summed E-state index contributed by atoms with van der Waals surface area (Å²) in [6.07, 6.45) is 0.643. The molecule has 0 fully saturated rings. The van der Waals surface area contributed by atoms with E-state index in [-0.39, 0.29) is 23.8 Å². The van der Waals surface area contributed by atoms with Crippen molar-refractivity contribution in [2.75, 3.05) is 17.7 Å². The van der Waals surface area contributed by atoms with Crippen molar-refractivity contribution in [2.24, 2.45) is 0 Å². The quantitative estimate of drug-likeness (QED) is 0.446. The molecule has 0 saturated heterocycles. The number of hydrogen-bond donors (Lipinski definition) is 2. The molecule has 1 aromatic carbocycles. The summed E-state index contributed by atoms with van der Waals surface area (Å²) in [6, 6.07) is 7.96. The second-order valence-electron chi connectivity index (χ2n) is 5.03. The molecule has 0 aliphatic heterocycles. The lowest BCUT2D eigenvalue weighted by Crippen LogP contribution is -2.16. The molecule has 2 rings (SSSR count). The van der Waals surface area contributed by atoms with E-state index >= 15 is 0 Å². The number of carbonyl (C=O) groups excluding carboxylic acids is 2. The van der Waals surface area contributed by atoms with Gasteiger partial charge >= 0.3 is 5.97 Å². The minimum Gasteiger partial charge on any atom is -0.462 e. The largest absolute Gasteiger partial charge is 0.462 e. The van der Waals surface area contributed by atoms with Crippen LogP contribution in [0.1, 0.15) is 29.9 Å². The maximum Gasteiger partial charge on any atom is 0.338 e. The van der Waals surface area contributed by atoms with Crippen LogP contribution >= 0.6 is 11.8 Å². The van der Waals surface area contributed by atoms with Gasteiger partial charge in [0, 0.05) is 17.4 Å². The number of aromatic amines is 1. The molecule has 8 heteroatoms. The third-order valence-corrected chi connectivity index (χ3v) is 4.01. The first-order chi connectivity index (χ1) is 12.0. The van der Waals surface area contributed by atoms with Crippen molar-refractivity contribution in [3.05, 3.63) is 51.9 Å². The SMILES string of the molecule is CCOC(=O)c1cccc(NC(=O)CSc2nc(CC)cc(=O)[nH]2)c1. The fraction of sp³-hybridized carbons (Fsp3) is 0.294. The van der Waals surface area contributed by atoms with Crippen molar-refractivity contribution < 1.29 is 14.3 Å². The number of benzene rings is 1. The molecule has 2 N–H and O–H groups in total. The van der Waals surface area contributed by atoms with E-state index < -0.39 is 5.97 Å². The number of aryl methyl sites for hydroxylation is 1. The molecule has 0 aliphatic rings. The van der Waals surface area contributed by atoms with Gasteiger partial charge in [-0.25, -0.2) is 9.78 Å². The van der Waals surface area contributed by atoms with Crippen LogP contribution < -0.4 is 10.9 Å². The van der Waals surface area contributed by atoms with Gasteiger partial charge in [-0.2, -0.15) is 0 Å². The monoisotopic (exact) mass is 361 g/mol. The van der Waals surface area contributed by atoms with Gasteiger partial charge in [0.25, 0.3) is 5.56 Å². The van der Waals surface area contributed by atoms with Crippen LogP contribution in [0.3, 0.4) is 0 Å². The minimum atomic E-state index is -0.439. The summed E-state index contributed by atoms with van der Waals surface area (Å²) < 4.78 is 4.93. The van der Waals surface area contributed by atoms with E-state index in [1.807, 2.05) is 6.92 Å². The normalized spacial score (nSPS) is 10.3. The van der Waals surface area contributed by atoms with Crippen LogP contribution in [-0.2, 0) is 16.0 Å². The van der Waals surface area contributed by atoms with Gasteiger partial charge < -0.3 is 15.0 Å². The zero-order valence-electron chi connectivity index (χ0n) is 14.0.